The van der Waals surface area contributed by atoms with Gasteiger partial charge in [-0.05, 0) is 44.2 Å². The number of rotatable bonds is 9. The summed E-state index contributed by atoms with van der Waals surface area (Å²) in [6, 6.07) is 10.3. The Balaban J connectivity index is 2.35. The number of benzene rings is 1. The second-order valence-electron chi connectivity index (χ2n) is 5.43. The summed E-state index contributed by atoms with van der Waals surface area (Å²) in [5.74, 6) is 0.809. The normalized spacial score (nSPS) is 12.2. The van der Waals surface area contributed by atoms with Gasteiger partial charge in [0.2, 0.25) is 5.91 Å². The zero-order chi connectivity index (χ0) is 14.8. The van der Waals surface area contributed by atoms with E-state index in [1.54, 1.807) is 0 Å². The average molecular weight is 276 g/mol. The molecule has 0 spiro atoms. The van der Waals surface area contributed by atoms with Crippen LogP contribution >= 0.6 is 0 Å². The fraction of sp³-hybridized carbons (Fsp3) is 0.588. The molecule has 1 rings (SSSR count). The largest absolute Gasteiger partial charge is 0.343 e. The van der Waals surface area contributed by atoms with E-state index in [9.17, 15) is 4.79 Å². The predicted molar refractivity (Wildman–Crippen MR) is 84.5 cm³/mol. The number of nitrogens with two attached hydrogens (primary N) is 1. The van der Waals surface area contributed by atoms with Gasteiger partial charge in [0.1, 0.15) is 0 Å². The van der Waals surface area contributed by atoms with Crippen LogP contribution in [0.5, 0.6) is 0 Å². The second kappa shape index (κ2) is 9.54. The number of hydrogen-bond donors (Lipinski definition) is 1. The van der Waals surface area contributed by atoms with Crippen molar-refractivity contribution in [2.75, 3.05) is 19.6 Å². The van der Waals surface area contributed by atoms with Gasteiger partial charge < -0.3 is 10.6 Å². The molecule has 3 nitrogen and oxygen atoms in total. The first kappa shape index (κ1) is 16.7. The molecule has 0 heterocycles. The maximum Gasteiger partial charge on any atom is 0.222 e. The third kappa shape index (κ3) is 6.20. The zero-order valence-electron chi connectivity index (χ0n) is 12.8. The number of nitrogens with zero attached hydrogens (tertiary/aromatic N) is 1. The number of likely N-dealkylation sites (N-methyl/N-ethyl adjacent to an activating group) is 1. The van der Waals surface area contributed by atoms with Gasteiger partial charge in [0.05, 0.1) is 0 Å². The van der Waals surface area contributed by atoms with E-state index in [2.05, 4.69) is 19.1 Å². The third-order valence-corrected chi connectivity index (χ3v) is 3.76. The molecule has 0 saturated carbocycles. The average Bonchev–Trinajstić information content (AvgIpc) is 2.47. The van der Waals surface area contributed by atoms with E-state index in [1.807, 2.05) is 30.0 Å². The molecule has 1 aromatic rings. The Kier molecular flexibility index (Phi) is 7.97. The van der Waals surface area contributed by atoms with E-state index in [1.165, 1.54) is 5.56 Å². The quantitative estimate of drug-likeness (QED) is 0.754. The first-order valence-corrected chi connectivity index (χ1v) is 7.69. The molecule has 20 heavy (non-hydrogen) atoms. The van der Waals surface area contributed by atoms with Crippen LogP contribution in [-0.2, 0) is 11.2 Å². The highest BCUT2D eigenvalue weighted by Crippen LogP contribution is 2.11. The first-order chi connectivity index (χ1) is 9.67. The summed E-state index contributed by atoms with van der Waals surface area (Å²) in [5.41, 5.74) is 6.83. The minimum Gasteiger partial charge on any atom is -0.343 e. The fourth-order valence-corrected chi connectivity index (χ4v) is 2.32. The van der Waals surface area contributed by atoms with E-state index in [0.717, 1.165) is 32.4 Å². The minimum absolute atomic E-state index is 0.271. The number of hydrogen-bond acceptors (Lipinski definition) is 2. The lowest BCUT2D eigenvalue weighted by molar-refractivity contribution is -0.131. The maximum atomic E-state index is 12.2. The molecule has 0 radical (unpaired) electrons. The van der Waals surface area contributed by atoms with Crippen LogP contribution in [0.2, 0.25) is 0 Å². The lowest BCUT2D eigenvalue weighted by Gasteiger charge is -2.22. The lowest BCUT2D eigenvalue weighted by atomic mass is 10.0. The summed E-state index contributed by atoms with van der Waals surface area (Å²) >= 11 is 0. The van der Waals surface area contributed by atoms with E-state index >= 15 is 0 Å². The molecule has 0 aromatic heterocycles. The molecule has 1 aromatic carbocycles. The standard InChI is InChI=1S/C17H28N2O/c1-3-19(14-12-16-7-5-4-6-8-16)17(20)10-9-15(2)11-13-18/h4-8,15H,3,9-14,18H2,1-2H3. The molecule has 0 aliphatic rings. The SMILES string of the molecule is CCN(CCc1ccccc1)C(=O)CCC(C)CCN. The van der Waals surface area contributed by atoms with Crippen molar-refractivity contribution in [3.63, 3.8) is 0 Å². The molecule has 3 heteroatoms. The van der Waals surface area contributed by atoms with Crippen molar-refractivity contribution in [1.82, 2.24) is 4.90 Å². The summed E-state index contributed by atoms with van der Waals surface area (Å²) in [5, 5.41) is 0. The molecule has 112 valence electrons. The van der Waals surface area contributed by atoms with Gasteiger partial charge in [0.25, 0.3) is 0 Å². The summed E-state index contributed by atoms with van der Waals surface area (Å²) in [6.45, 7) is 6.52. The monoisotopic (exact) mass is 276 g/mol. The van der Waals surface area contributed by atoms with E-state index < -0.39 is 0 Å². The summed E-state index contributed by atoms with van der Waals surface area (Å²) in [7, 11) is 0. The van der Waals surface area contributed by atoms with Crippen molar-refractivity contribution in [2.24, 2.45) is 11.7 Å². The van der Waals surface area contributed by atoms with Crippen molar-refractivity contribution in [3.05, 3.63) is 35.9 Å². The summed E-state index contributed by atoms with van der Waals surface area (Å²) in [4.78, 5) is 14.2. The van der Waals surface area contributed by atoms with Crippen molar-refractivity contribution < 1.29 is 4.79 Å². The van der Waals surface area contributed by atoms with Crippen LogP contribution in [0.15, 0.2) is 30.3 Å². The fourth-order valence-electron chi connectivity index (χ4n) is 2.32. The highest BCUT2D eigenvalue weighted by molar-refractivity contribution is 5.76. The van der Waals surface area contributed by atoms with Gasteiger partial charge in [-0.15, -0.1) is 0 Å². The Labute approximate surface area is 123 Å². The van der Waals surface area contributed by atoms with Gasteiger partial charge in [-0.25, -0.2) is 0 Å². The molecule has 0 fully saturated rings. The Hall–Kier alpha value is -1.35. The maximum absolute atomic E-state index is 12.2. The van der Waals surface area contributed by atoms with Crippen LogP contribution in [0, 0.1) is 5.92 Å². The molecule has 0 saturated heterocycles. The molecule has 1 atom stereocenters. The topological polar surface area (TPSA) is 46.3 Å². The van der Waals surface area contributed by atoms with E-state index in [0.29, 0.717) is 18.9 Å². The summed E-state index contributed by atoms with van der Waals surface area (Å²) < 4.78 is 0. The van der Waals surface area contributed by atoms with E-state index in [4.69, 9.17) is 5.73 Å². The molecule has 2 N–H and O–H groups in total. The highest BCUT2D eigenvalue weighted by atomic mass is 16.2. The van der Waals surface area contributed by atoms with Crippen molar-refractivity contribution >= 4 is 5.91 Å². The predicted octanol–water partition coefficient (Wildman–Crippen LogP) is 2.84. The molecule has 1 amide bonds. The smallest absolute Gasteiger partial charge is 0.222 e. The number of carbonyl (C=O) groups is 1. The molecule has 1 unspecified atom stereocenters. The number of carbonyl (C=O) groups excluding carboxylic acids is 1. The Morgan fingerprint density at radius 1 is 1.25 bits per heavy atom. The van der Waals surface area contributed by atoms with Crippen molar-refractivity contribution in [3.8, 4) is 0 Å². The van der Waals surface area contributed by atoms with Crippen LogP contribution in [0.1, 0.15) is 38.7 Å². The highest BCUT2D eigenvalue weighted by Gasteiger charge is 2.13. The molecule has 0 aliphatic heterocycles. The first-order valence-electron chi connectivity index (χ1n) is 7.69. The lowest BCUT2D eigenvalue weighted by Crippen LogP contribution is -2.32. The van der Waals surface area contributed by atoms with Gasteiger partial charge in [-0.3, -0.25) is 4.79 Å². The Morgan fingerprint density at radius 3 is 2.55 bits per heavy atom. The van der Waals surface area contributed by atoms with Crippen LogP contribution in [0.25, 0.3) is 0 Å². The van der Waals surface area contributed by atoms with Crippen LogP contribution < -0.4 is 5.73 Å². The van der Waals surface area contributed by atoms with Crippen LogP contribution in [-0.4, -0.2) is 30.4 Å². The molecular formula is C17H28N2O. The van der Waals surface area contributed by atoms with Gasteiger partial charge in [0, 0.05) is 19.5 Å². The molecule has 0 bridgehead atoms. The zero-order valence-corrected chi connectivity index (χ0v) is 12.8. The van der Waals surface area contributed by atoms with Crippen LogP contribution in [0.4, 0.5) is 0 Å². The summed E-state index contributed by atoms with van der Waals surface area (Å²) in [6.07, 6.45) is 3.52. The minimum atomic E-state index is 0.271. The van der Waals surface area contributed by atoms with Gasteiger partial charge in [-0.1, -0.05) is 37.3 Å². The van der Waals surface area contributed by atoms with Crippen molar-refractivity contribution in [1.29, 1.82) is 0 Å². The Morgan fingerprint density at radius 2 is 1.95 bits per heavy atom. The molecular weight excluding hydrogens is 248 g/mol. The van der Waals surface area contributed by atoms with Crippen LogP contribution in [0.3, 0.4) is 0 Å². The third-order valence-electron chi connectivity index (χ3n) is 3.76. The molecule has 0 aliphatic carbocycles. The van der Waals surface area contributed by atoms with Gasteiger partial charge in [0.15, 0.2) is 0 Å². The second-order valence-corrected chi connectivity index (χ2v) is 5.43. The van der Waals surface area contributed by atoms with Crippen molar-refractivity contribution in [2.45, 2.75) is 39.5 Å². The Bertz CT molecular complexity index is 378. The van der Waals surface area contributed by atoms with Gasteiger partial charge in [-0.2, -0.15) is 0 Å². The van der Waals surface area contributed by atoms with E-state index in [-0.39, 0.29) is 5.91 Å². The number of amides is 1. The van der Waals surface area contributed by atoms with Gasteiger partial charge >= 0.3 is 0 Å².